The Kier molecular flexibility index (Phi) is 7.96. The van der Waals surface area contributed by atoms with Crippen LogP contribution in [0, 0.1) is 0 Å². The maximum absolute atomic E-state index is 11.2. The van der Waals surface area contributed by atoms with Crippen molar-refractivity contribution in [2.75, 3.05) is 19.5 Å². The van der Waals surface area contributed by atoms with Gasteiger partial charge in [-0.25, -0.2) is 10.2 Å². The molecule has 0 fully saturated rings. The number of hydrogen-bond donors (Lipinski definition) is 1. The van der Waals surface area contributed by atoms with Crippen molar-refractivity contribution in [2.45, 2.75) is 19.6 Å². The minimum atomic E-state index is -1.11. The summed E-state index contributed by atoms with van der Waals surface area (Å²) in [7, 11) is 1.55. The van der Waals surface area contributed by atoms with E-state index in [4.69, 9.17) is 9.47 Å². The van der Waals surface area contributed by atoms with E-state index >= 15 is 0 Å². The van der Waals surface area contributed by atoms with Crippen molar-refractivity contribution in [3.8, 4) is 5.75 Å². The van der Waals surface area contributed by atoms with Gasteiger partial charge < -0.3 is 19.4 Å². The zero-order valence-corrected chi connectivity index (χ0v) is 14.1. The van der Waals surface area contributed by atoms with E-state index in [1.54, 1.807) is 33.1 Å². The van der Waals surface area contributed by atoms with Crippen LogP contribution >= 0.6 is 11.8 Å². The maximum Gasteiger partial charge on any atom is 0.427 e. The number of amides is 1. The standard InChI is InChI=1S/C15H20N2O5S/c1-4-22-15(20)17-16-10(2)11-5-6-13(21-3)12(7-11)8-23-9-14(18)19/h5-7H,4,8-9H2,1-3H3,(H,17,20)(H,18,19)/p-1/b16-10-. The number of carbonyl (C=O) groups excluding carboxylic acids is 2. The lowest BCUT2D eigenvalue weighted by atomic mass is 10.1. The van der Waals surface area contributed by atoms with Crippen LogP contribution in [0.2, 0.25) is 0 Å². The number of hydrazone groups is 1. The summed E-state index contributed by atoms with van der Waals surface area (Å²) in [6, 6.07) is 5.41. The molecular formula is C15H19N2O5S-. The molecular weight excluding hydrogens is 320 g/mol. The van der Waals surface area contributed by atoms with Crippen molar-refractivity contribution in [3.05, 3.63) is 29.3 Å². The van der Waals surface area contributed by atoms with Gasteiger partial charge in [-0.15, -0.1) is 0 Å². The number of ether oxygens (including phenoxy) is 2. The molecule has 126 valence electrons. The van der Waals surface area contributed by atoms with E-state index in [1.165, 1.54) is 11.8 Å². The first-order chi connectivity index (χ1) is 11.0. The highest BCUT2D eigenvalue weighted by Crippen LogP contribution is 2.24. The van der Waals surface area contributed by atoms with Gasteiger partial charge in [-0.05, 0) is 37.6 Å². The fourth-order valence-electron chi connectivity index (χ4n) is 1.72. The van der Waals surface area contributed by atoms with Gasteiger partial charge in [0.15, 0.2) is 0 Å². The first-order valence-corrected chi connectivity index (χ1v) is 8.05. The molecule has 7 nitrogen and oxygen atoms in total. The molecule has 0 heterocycles. The van der Waals surface area contributed by atoms with Crippen molar-refractivity contribution in [2.24, 2.45) is 5.10 Å². The van der Waals surface area contributed by atoms with Gasteiger partial charge in [-0.3, -0.25) is 0 Å². The van der Waals surface area contributed by atoms with E-state index in [0.29, 0.717) is 17.2 Å². The summed E-state index contributed by atoms with van der Waals surface area (Å²) >= 11 is 1.22. The zero-order chi connectivity index (χ0) is 17.2. The van der Waals surface area contributed by atoms with Crippen LogP contribution < -0.4 is 15.3 Å². The summed E-state index contributed by atoms with van der Waals surface area (Å²) < 4.78 is 9.98. The fraction of sp³-hybridized carbons (Fsp3) is 0.400. The summed E-state index contributed by atoms with van der Waals surface area (Å²) in [6.07, 6.45) is -0.620. The first kappa shape index (κ1) is 18.8. The molecule has 0 bridgehead atoms. The zero-order valence-electron chi connectivity index (χ0n) is 13.3. The summed E-state index contributed by atoms with van der Waals surface area (Å²) in [5, 5.41) is 14.4. The molecule has 1 N–H and O–H groups in total. The van der Waals surface area contributed by atoms with Crippen LogP contribution in [-0.4, -0.2) is 37.2 Å². The van der Waals surface area contributed by atoms with E-state index in [-0.39, 0.29) is 12.4 Å². The Labute approximate surface area is 139 Å². The number of hydrogen-bond acceptors (Lipinski definition) is 7. The predicted octanol–water partition coefficient (Wildman–Crippen LogP) is 1.15. The summed E-state index contributed by atoms with van der Waals surface area (Å²) in [6.45, 7) is 3.71. The highest BCUT2D eigenvalue weighted by atomic mass is 32.2. The molecule has 0 saturated carbocycles. The number of aliphatic carboxylic acids is 1. The van der Waals surface area contributed by atoms with Crippen LogP contribution in [0.5, 0.6) is 5.75 Å². The second kappa shape index (κ2) is 9.73. The molecule has 0 saturated heterocycles. The van der Waals surface area contributed by atoms with Gasteiger partial charge in [0.1, 0.15) is 5.75 Å². The van der Waals surface area contributed by atoms with E-state index < -0.39 is 12.1 Å². The van der Waals surface area contributed by atoms with Crippen molar-refractivity contribution in [3.63, 3.8) is 0 Å². The molecule has 0 atom stereocenters. The van der Waals surface area contributed by atoms with E-state index in [0.717, 1.165) is 11.1 Å². The van der Waals surface area contributed by atoms with Crippen LogP contribution in [0.15, 0.2) is 23.3 Å². The fourth-order valence-corrected chi connectivity index (χ4v) is 2.43. The molecule has 1 rings (SSSR count). The Morgan fingerprint density at radius 1 is 1.39 bits per heavy atom. The number of carbonyl (C=O) groups is 2. The molecule has 0 spiro atoms. The lowest BCUT2D eigenvalue weighted by Gasteiger charge is -2.11. The van der Waals surface area contributed by atoms with Gasteiger partial charge in [0.05, 0.1) is 25.4 Å². The number of carboxylic acid groups (broad SMARTS) is 1. The second-order valence-corrected chi connectivity index (χ2v) is 5.41. The number of thioether (sulfide) groups is 1. The normalized spacial score (nSPS) is 11.0. The van der Waals surface area contributed by atoms with Gasteiger partial charge in [0.2, 0.25) is 0 Å². The molecule has 8 heteroatoms. The Morgan fingerprint density at radius 3 is 2.74 bits per heavy atom. The van der Waals surface area contributed by atoms with Gasteiger partial charge in [-0.2, -0.15) is 16.9 Å². The molecule has 0 unspecified atom stereocenters. The number of benzene rings is 1. The van der Waals surface area contributed by atoms with Gasteiger partial charge in [-0.1, -0.05) is 0 Å². The molecule has 1 amide bonds. The minimum absolute atomic E-state index is 0.0924. The highest BCUT2D eigenvalue weighted by Gasteiger charge is 2.07. The molecule has 0 radical (unpaired) electrons. The van der Waals surface area contributed by atoms with Gasteiger partial charge in [0, 0.05) is 17.1 Å². The van der Waals surface area contributed by atoms with Crippen molar-refractivity contribution >= 4 is 29.5 Å². The molecule has 23 heavy (non-hydrogen) atoms. The van der Waals surface area contributed by atoms with E-state index in [1.807, 2.05) is 6.07 Å². The monoisotopic (exact) mass is 339 g/mol. The van der Waals surface area contributed by atoms with Crippen molar-refractivity contribution in [1.82, 2.24) is 5.43 Å². The van der Waals surface area contributed by atoms with Crippen LogP contribution in [0.25, 0.3) is 0 Å². The molecule has 1 aromatic carbocycles. The highest BCUT2D eigenvalue weighted by molar-refractivity contribution is 7.99. The Hall–Kier alpha value is -2.22. The van der Waals surface area contributed by atoms with Crippen molar-refractivity contribution < 1.29 is 24.2 Å². The predicted molar refractivity (Wildman–Crippen MR) is 86.5 cm³/mol. The summed E-state index contributed by atoms with van der Waals surface area (Å²) in [4.78, 5) is 21.7. The molecule has 0 aromatic heterocycles. The minimum Gasteiger partial charge on any atom is -0.549 e. The Morgan fingerprint density at radius 2 is 2.13 bits per heavy atom. The second-order valence-electron chi connectivity index (χ2n) is 4.42. The maximum atomic E-state index is 11.2. The average molecular weight is 339 g/mol. The quantitative estimate of drug-likeness (QED) is 0.563. The lowest BCUT2D eigenvalue weighted by molar-refractivity contribution is -0.301. The van der Waals surface area contributed by atoms with Crippen molar-refractivity contribution in [1.29, 1.82) is 0 Å². The van der Waals surface area contributed by atoms with E-state index in [2.05, 4.69) is 10.5 Å². The third-order valence-corrected chi connectivity index (χ3v) is 3.72. The lowest BCUT2D eigenvalue weighted by Crippen LogP contribution is -2.24. The number of carboxylic acids is 1. The first-order valence-electron chi connectivity index (χ1n) is 6.89. The largest absolute Gasteiger partial charge is 0.549 e. The van der Waals surface area contributed by atoms with Gasteiger partial charge in [0.25, 0.3) is 0 Å². The molecule has 0 aliphatic carbocycles. The molecule has 1 aromatic rings. The summed E-state index contributed by atoms with van der Waals surface area (Å²) in [5.41, 5.74) is 4.50. The van der Waals surface area contributed by atoms with Gasteiger partial charge >= 0.3 is 6.09 Å². The number of nitrogens with zero attached hydrogens (tertiary/aromatic N) is 1. The number of methoxy groups -OCH3 is 1. The SMILES string of the molecule is CCOC(=O)N/N=C(/C)c1ccc(OC)c(CSCC(=O)[O-])c1. The number of nitrogens with one attached hydrogen (secondary N) is 1. The molecule has 0 aliphatic heterocycles. The van der Waals surface area contributed by atoms with Crippen LogP contribution in [-0.2, 0) is 15.3 Å². The third kappa shape index (κ3) is 6.60. The number of rotatable bonds is 8. The average Bonchev–Trinajstić information content (AvgIpc) is 2.52. The Balaban J connectivity index is 2.84. The topological polar surface area (TPSA) is 100 Å². The summed E-state index contributed by atoms with van der Waals surface area (Å²) in [5.74, 6) is -0.0821. The Bertz CT molecular complexity index is 589. The van der Waals surface area contributed by atoms with E-state index in [9.17, 15) is 14.7 Å². The van der Waals surface area contributed by atoms with Crippen LogP contribution in [0.4, 0.5) is 4.79 Å². The smallest absolute Gasteiger partial charge is 0.427 e. The third-order valence-electron chi connectivity index (χ3n) is 2.77. The van der Waals surface area contributed by atoms with Crippen LogP contribution in [0.1, 0.15) is 25.0 Å². The molecule has 0 aliphatic rings. The van der Waals surface area contributed by atoms with Crippen LogP contribution in [0.3, 0.4) is 0 Å².